The Kier molecular flexibility index (Phi) is 2.47. The van der Waals surface area contributed by atoms with Gasteiger partial charge in [0.15, 0.2) is 0 Å². The van der Waals surface area contributed by atoms with Crippen LogP contribution in [-0.4, -0.2) is 0 Å². The van der Waals surface area contributed by atoms with Gasteiger partial charge in [-0.1, -0.05) is 48.6 Å². The maximum atomic E-state index is 2.40. The molecule has 0 aliphatic heterocycles. The lowest BCUT2D eigenvalue weighted by Gasteiger charge is -2.11. The summed E-state index contributed by atoms with van der Waals surface area (Å²) < 4.78 is 0. The highest BCUT2D eigenvalue weighted by atomic mass is 14.1. The standard InChI is InChI=1S/C20H18/c1-13-7-8-14(2)20-16(13)11-12-18-17-6-4-3-5-15(17)9-10-19(18)20/h5-12H,3-4H2,1-2H3. The topological polar surface area (TPSA) is 0 Å². The molecule has 0 heteroatoms. The van der Waals surface area contributed by atoms with Crippen LogP contribution in [0, 0.1) is 13.8 Å². The molecule has 0 radical (unpaired) electrons. The van der Waals surface area contributed by atoms with Crippen LogP contribution in [0.4, 0.5) is 0 Å². The zero-order chi connectivity index (χ0) is 13.7. The molecule has 0 bridgehead atoms. The summed E-state index contributed by atoms with van der Waals surface area (Å²) >= 11 is 0. The summed E-state index contributed by atoms with van der Waals surface area (Å²) in [4.78, 5) is 0. The summed E-state index contributed by atoms with van der Waals surface area (Å²) in [5, 5.41) is 8.43. The maximum absolute atomic E-state index is 2.40. The minimum absolute atomic E-state index is 1.16. The van der Waals surface area contributed by atoms with E-state index in [4.69, 9.17) is 0 Å². The van der Waals surface area contributed by atoms with E-state index in [1.54, 1.807) is 0 Å². The molecule has 0 aromatic heterocycles. The summed E-state index contributed by atoms with van der Waals surface area (Å²) in [6.45, 7) is 4.42. The normalized spacial score (nSPS) is 13.9. The van der Waals surface area contributed by atoms with E-state index in [0.717, 1.165) is 6.42 Å². The first kappa shape index (κ1) is 11.7. The van der Waals surface area contributed by atoms with Crippen molar-refractivity contribution in [3.05, 3.63) is 58.0 Å². The van der Waals surface area contributed by atoms with Gasteiger partial charge in [0.25, 0.3) is 0 Å². The number of hydrogen-bond acceptors (Lipinski definition) is 0. The van der Waals surface area contributed by atoms with Crippen molar-refractivity contribution in [2.75, 3.05) is 0 Å². The van der Waals surface area contributed by atoms with Crippen LogP contribution in [0.2, 0.25) is 0 Å². The molecule has 0 amide bonds. The molecule has 0 saturated carbocycles. The predicted octanol–water partition coefficient (Wildman–Crippen LogP) is 3.96. The number of aryl methyl sites for hydroxylation is 2. The van der Waals surface area contributed by atoms with Gasteiger partial charge in [-0.25, -0.2) is 0 Å². The first-order valence-electron chi connectivity index (χ1n) is 7.38. The molecule has 0 atom stereocenters. The summed E-state index contributed by atoms with van der Waals surface area (Å²) in [5.41, 5.74) is 2.73. The fourth-order valence-electron chi connectivity index (χ4n) is 3.49. The van der Waals surface area contributed by atoms with Crippen LogP contribution < -0.4 is 10.4 Å². The molecule has 3 aromatic carbocycles. The molecule has 4 rings (SSSR count). The van der Waals surface area contributed by atoms with Crippen molar-refractivity contribution >= 4 is 33.7 Å². The largest absolute Gasteiger partial charge is 0.0763 e. The van der Waals surface area contributed by atoms with E-state index in [0.29, 0.717) is 0 Å². The van der Waals surface area contributed by atoms with Crippen LogP contribution >= 0.6 is 0 Å². The van der Waals surface area contributed by atoms with Crippen LogP contribution in [0.1, 0.15) is 24.0 Å². The fraction of sp³-hybridized carbons (Fsp3) is 0.200. The van der Waals surface area contributed by atoms with Gasteiger partial charge < -0.3 is 0 Å². The average Bonchev–Trinajstić information content (AvgIpc) is 2.50. The van der Waals surface area contributed by atoms with Gasteiger partial charge in [0.2, 0.25) is 0 Å². The molecule has 1 aliphatic carbocycles. The Labute approximate surface area is 119 Å². The van der Waals surface area contributed by atoms with Crippen LogP contribution in [0.15, 0.2) is 36.4 Å². The van der Waals surface area contributed by atoms with E-state index in [9.17, 15) is 0 Å². The molecule has 0 unspecified atom stereocenters. The van der Waals surface area contributed by atoms with Crippen molar-refractivity contribution in [3.8, 4) is 0 Å². The zero-order valence-corrected chi connectivity index (χ0v) is 12.0. The summed E-state index contributed by atoms with van der Waals surface area (Å²) in [6, 6.07) is 13.7. The maximum Gasteiger partial charge on any atom is -0.00732 e. The third kappa shape index (κ3) is 1.54. The quantitative estimate of drug-likeness (QED) is 0.535. The zero-order valence-electron chi connectivity index (χ0n) is 12.0. The van der Waals surface area contributed by atoms with Gasteiger partial charge in [0.1, 0.15) is 0 Å². The van der Waals surface area contributed by atoms with Gasteiger partial charge in [0, 0.05) is 0 Å². The van der Waals surface area contributed by atoms with E-state index >= 15 is 0 Å². The summed E-state index contributed by atoms with van der Waals surface area (Å²) in [7, 11) is 0. The molecular formula is C20H18. The van der Waals surface area contributed by atoms with Gasteiger partial charge in [-0.2, -0.15) is 0 Å². The third-order valence-electron chi connectivity index (χ3n) is 4.56. The third-order valence-corrected chi connectivity index (χ3v) is 4.56. The molecule has 3 aromatic rings. The lowest BCUT2D eigenvalue weighted by Crippen LogP contribution is -2.27. The van der Waals surface area contributed by atoms with Crippen molar-refractivity contribution in [3.63, 3.8) is 0 Å². The molecule has 0 heterocycles. The van der Waals surface area contributed by atoms with Crippen LogP contribution in [0.25, 0.3) is 33.7 Å². The highest BCUT2D eigenvalue weighted by Crippen LogP contribution is 2.28. The molecular weight excluding hydrogens is 240 g/mol. The summed E-state index contributed by atoms with van der Waals surface area (Å²) in [5.74, 6) is 0. The number of rotatable bonds is 0. The number of hydrogen-bond donors (Lipinski definition) is 0. The fourth-order valence-corrected chi connectivity index (χ4v) is 3.49. The first-order valence-corrected chi connectivity index (χ1v) is 7.38. The van der Waals surface area contributed by atoms with Crippen molar-refractivity contribution < 1.29 is 0 Å². The number of benzene rings is 3. The van der Waals surface area contributed by atoms with E-state index in [1.807, 2.05) is 0 Å². The second-order valence-electron chi connectivity index (χ2n) is 5.84. The molecule has 0 saturated heterocycles. The van der Waals surface area contributed by atoms with E-state index in [-0.39, 0.29) is 0 Å². The molecule has 0 nitrogen and oxygen atoms in total. The Morgan fingerprint density at radius 1 is 0.650 bits per heavy atom. The van der Waals surface area contributed by atoms with Crippen LogP contribution in [0.5, 0.6) is 0 Å². The average molecular weight is 258 g/mol. The molecule has 98 valence electrons. The Morgan fingerprint density at radius 2 is 1.35 bits per heavy atom. The van der Waals surface area contributed by atoms with Gasteiger partial charge in [-0.05, 0) is 69.8 Å². The van der Waals surface area contributed by atoms with Crippen LogP contribution in [0.3, 0.4) is 0 Å². The van der Waals surface area contributed by atoms with E-state index in [1.165, 1.54) is 49.5 Å². The Balaban J connectivity index is 2.32. The number of fused-ring (bicyclic) bond motifs is 5. The first-order chi connectivity index (χ1) is 9.75. The Morgan fingerprint density at radius 3 is 2.25 bits per heavy atom. The highest BCUT2D eigenvalue weighted by Gasteiger charge is 2.07. The molecule has 20 heavy (non-hydrogen) atoms. The van der Waals surface area contributed by atoms with E-state index < -0.39 is 0 Å². The lowest BCUT2D eigenvalue weighted by atomic mass is 9.93. The highest BCUT2D eigenvalue weighted by molar-refractivity contribution is 6.10. The van der Waals surface area contributed by atoms with Gasteiger partial charge in [-0.15, -0.1) is 0 Å². The Hall–Kier alpha value is -2.08. The van der Waals surface area contributed by atoms with Gasteiger partial charge in [0.05, 0.1) is 0 Å². The minimum atomic E-state index is 1.16. The van der Waals surface area contributed by atoms with Crippen molar-refractivity contribution in [1.29, 1.82) is 0 Å². The molecule has 1 aliphatic rings. The lowest BCUT2D eigenvalue weighted by molar-refractivity contribution is 1.12. The van der Waals surface area contributed by atoms with Crippen molar-refractivity contribution in [1.82, 2.24) is 0 Å². The monoisotopic (exact) mass is 258 g/mol. The van der Waals surface area contributed by atoms with E-state index in [2.05, 4.69) is 62.4 Å². The van der Waals surface area contributed by atoms with Crippen molar-refractivity contribution in [2.24, 2.45) is 0 Å². The minimum Gasteiger partial charge on any atom is -0.0763 e. The van der Waals surface area contributed by atoms with Crippen molar-refractivity contribution in [2.45, 2.75) is 26.7 Å². The van der Waals surface area contributed by atoms with Gasteiger partial charge >= 0.3 is 0 Å². The summed E-state index contributed by atoms with van der Waals surface area (Å²) in [6.07, 6.45) is 7.10. The predicted molar refractivity (Wildman–Crippen MR) is 88.3 cm³/mol. The SMILES string of the molecule is Cc1ccc(C)c2c1ccc1c3c(ccc12)=CCCC=3. The molecule has 0 fully saturated rings. The Bertz CT molecular complexity index is 959. The molecule has 0 spiro atoms. The molecule has 0 N–H and O–H groups in total. The van der Waals surface area contributed by atoms with Crippen LogP contribution in [-0.2, 0) is 0 Å². The van der Waals surface area contributed by atoms with Gasteiger partial charge in [-0.3, -0.25) is 0 Å². The second kappa shape index (κ2) is 4.21. The second-order valence-corrected chi connectivity index (χ2v) is 5.84. The smallest absolute Gasteiger partial charge is 0.00732 e.